The molecule has 1 aliphatic rings. The lowest BCUT2D eigenvalue weighted by atomic mass is 9.96. The molecule has 0 radical (unpaired) electrons. The van der Waals surface area contributed by atoms with Crippen LogP contribution in [0.25, 0.3) is 0 Å². The van der Waals surface area contributed by atoms with Gasteiger partial charge in [-0.25, -0.2) is 0 Å². The number of aryl methyl sites for hydroxylation is 2. The van der Waals surface area contributed by atoms with Gasteiger partial charge in [-0.05, 0) is 51.0 Å². The largest absolute Gasteiger partial charge is 0.338 e. The Morgan fingerprint density at radius 2 is 1.81 bits per heavy atom. The van der Waals surface area contributed by atoms with Crippen LogP contribution in [0.4, 0.5) is 5.69 Å². The fourth-order valence-electron chi connectivity index (χ4n) is 3.45. The Bertz CT molecular complexity index is 814. The summed E-state index contributed by atoms with van der Waals surface area (Å²) in [5, 5.41) is 3.40. The number of hydrogen-bond acceptors (Lipinski definition) is 2. The highest BCUT2D eigenvalue weighted by molar-refractivity contribution is 6.33. The van der Waals surface area contributed by atoms with Crippen molar-refractivity contribution in [1.82, 2.24) is 4.90 Å². The van der Waals surface area contributed by atoms with Crippen molar-refractivity contribution < 1.29 is 9.59 Å². The van der Waals surface area contributed by atoms with E-state index in [2.05, 4.69) is 5.32 Å². The van der Waals surface area contributed by atoms with Crippen molar-refractivity contribution in [3.05, 3.63) is 64.2 Å². The van der Waals surface area contributed by atoms with E-state index in [0.29, 0.717) is 29.4 Å². The molecule has 2 amide bonds. The number of carbonyl (C=O) groups is 2. The molecule has 0 bridgehead atoms. The number of nitrogens with zero attached hydrogens (tertiary/aromatic N) is 1. The maximum Gasteiger partial charge on any atom is 0.253 e. The van der Waals surface area contributed by atoms with Crippen LogP contribution < -0.4 is 5.32 Å². The summed E-state index contributed by atoms with van der Waals surface area (Å²) < 4.78 is 0. The zero-order valence-electron chi connectivity index (χ0n) is 15.1. The number of nitrogens with one attached hydrogen (secondary N) is 1. The van der Waals surface area contributed by atoms with Gasteiger partial charge in [0.25, 0.3) is 5.91 Å². The molecule has 0 spiro atoms. The highest BCUT2D eigenvalue weighted by atomic mass is 35.5. The number of carbonyl (C=O) groups excluding carboxylic acids is 2. The second-order valence-electron chi connectivity index (χ2n) is 6.94. The molecule has 3 rings (SSSR count). The molecular formula is C21H23ClN2O2. The number of halogens is 1. The lowest BCUT2D eigenvalue weighted by molar-refractivity contribution is -0.121. The SMILES string of the molecule is Cc1cc(C)cc(C(=O)N2CCCC(C(=O)Nc3ccccc3Cl)C2)c1. The third-order valence-electron chi connectivity index (χ3n) is 4.68. The van der Waals surface area contributed by atoms with E-state index in [1.54, 1.807) is 17.0 Å². The fraction of sp³-hybridized carbons (Fsp3) is 0.333. The van der Waals surface area contributed by atoms with Crippen LogP contribution in [0, 0.1) is 19.8 Å². The number of rotatable bonds is 3. The average Bonchev–Trinajstić information content (AvgIpc) is 2.62. The second kappa shape index (κ2) is 7.92. The summed E-state index contributed by atoms with van der Waals surface area (Å²) in [6, 6.07) is 13.0. The van der Waals surface area contributed by atoms with E-state index in [9.17, 15) is 9.59 Å². The molecule has 1 N–H and O–H groups in total. The van der Waals surface area contributed by atoms with Crippen molar-refractivity contribution in [2.24, 2.45) is 5.92 Å². The molecule has 1 saturated heterocycles. The Hall–Kier alpha value is -2.33. The van der Waals surface area contributed by atoms with Crippen molar-refractivity contribution >= 4 is 29.1 Å². The van der Waals surface area contributed by atoms with Gasteiger partial charge in [-0.15, -0.1) is 0 Å². The van der Waals surface area contributed by atoms with Gasteiger partial charge in [0.05, 0.1) is 16.6 Å². The summed E-state index contributed by atoms with van der Waals surface area (Å²) in [5.41, 5.74) is 3.43. The van der Waals surface area contributed by atoms with Gasteiger partial charge in [0.15, 0.2) is 0 Å². The Labute approximate surface area is 159 Å². The number of amides is 2. The van der Waals surface area contributed by atoms with E-state index < -0.39 is 0 Å². The van der Waals surface area contributed by atoms with Crippen LogP contribution in [0.5, 0.6) is 0 Å². The van der Waals surface area contributed by atoms with Gasteiger partial charge in [0.2, 0.25) is 5.91 Å². The number of anilines is 1. The van der Waals surface area contributed by atoms with Gasteiger partial charge in [-0.1, -0.05) is 40.9 Å². The van der Waals surface area contributed by atoms with Crippen LogP contribution in [0.15, 0.2) is 42.5 Å². The highest BCUT2D eigenvalue weighted by Crippen LogP contribution is 2.24. The first-order valence-corrected chi connectivity index (χ1v) is 9.25. The molecule has 26 heavy (non-hydrogen) atoms. The third kappa shape index (κ3) is 4.25. The van der Waals surface area contributed by atoms with E-state index >= 15 is 0 Å². The standard InChI is InChI=1S/C21H23ClN2O2/c1-14-10-15(2)12-17(11-14)21(26)24-9-5-6-16(13-24)20(25)23-19-8-4-3-7-18(19)22/h3-4,7-8,10-12,16H,5-6,9,13H2,1-2H3,(H,23,25). The lowest BCUT2D eigenvalue weighted by Gasteiger charge is -2.32. The van der Waals surface area contributed by atoms with Gasteiger partial charge in [-0.2, -0.15) is 0 Å². The molecule has 1 heterocycles. The Morgan fingerprint density at radius 1 is 1.12 bits per heavy atom. The Morgan fingerprint density at radius 3 is 2.50 bits per heavy atom. The summed E-state index contributed by atoms with van der Waals surface area (Å²) >= 11 is 6.12. The third-order valence-corrected chi connectivity index (χ3v) is 5.01. The Kier molecular flexibility index (Phi) is 5.62. The molecule has 5 heteroatoms. The molecule has 0 aliphatic carbocycles. The minimum atomic E-state index is -0.227. The molecule has 1 atom stereocenters. The van der Waals surface area contributed by atoms with Gasteiger partial charge in [-0.3, -0.25) is 9.59 Å². The molecular weight excluding hydrogens is 348 g/mol. The minimum Gasteiger partial charge on any atom is -0.338 e. The predicted molar refractivity (Wildman–Crippen MR) is 105 cm³/mol. The molecule has 2 aromatic rings. The molecule has 4 nitrogen and oxygen atoms in total. The molecule has 1 unspecified atom stereocenters. The molecule has 1 aliphatic heterocycles. The quantitative estimate of drug-likeness (QED) is 0.867. The van der Waals surface area contributed by atoms with E-state index in [1.807, 2.05) is 44.2 Å². The molecule has 0 aromatic heterocycles. The summed E-state index contributed by atoms with van der Waals surface area (Å²) in [6.45, 7) is 5.09. The first kappa shape index (κ1) is 18.5. The van der Waals surface area contributed by atoms with Crippen molar-refractivity contribution in [2.45, 2.75) is 26.7 Å². The zero-order valence-corrected chi connectivity index (χ0v) is 15.8. The topological polar surface area (TPSA) is 49.4 Å². The maximum absolute atomic E-state index is 12.9. The second-order valence-corrected chi connectivity index (χ2v) is 7.34. The fourth-order valence-corrected chi connectivity index (χ4v) is 3.64. The molecule has 0 saturated carbocycles. The highest BCUT2D eigenvalue weighted by Gasteiger charge is 2.29. The minimum absolute atomic E-state index is 0.00737. The number of piperidine rings is 1. The zero-order chi connectivity index (χ0) is 18.7. The molecule has 136 valence electrons. The normalized spacial score (nSPS) is 17.0. The van der Waals surface area contributed by atoms with Crippen LogP contribution in [-0.2, 0) is 4.79 Å². The van der Waals surface area contributed by atoms with Gasteiger partial charge >= 0.3 is 0 Å². The van der Waals surface area contributed by atoms with Gasteiger partial charge in [0.1, 0.15) is 0 Å². The van der Waals surface area contributed by atoms with Crippen LogP contribution in [-0.4, -0.2) is 29.8 Å². The predicted octanol–water partition coefficient (Wildman–Crippen LogP) is 4.45. The van der Waals surface area contributed by atoms with Gasteiger partial charge < -0.3 is 10.2 Å². The summed E-state index contributed by atoms with van der Waals surface area (Å²) in [7, 11) is 0. The number of likely N-dealkylation sites (tertiary alicyclic amines) is 1. The van der Waals surface area contributed by atoms with Crippen molar-refractivity contribution in [1.29, 1.82) is 0 Å². The maximum atomic E-state index is 12.9. The van der Waals surface area contributed by atoms with Gasteiger partial charge in [0, 0.05) is 18.7 Å². The van der Waals surface area contributed by atoms with Crippen molar-refractivity contribution in [3.63, 3.8) is 0 Å². The Balaban J connectivity index is 1.69. The summed E-state index contributed by atoms with van der Waals surface area (Å²) in [4.78, 5) is 27.3. The van der Waals surface area contributed by atoms with Crippen LogP contribution in [0.3, 0.4) is 0 Å². The molecule has 2 aromatic carbocycles. The van der Waals surface area contributed by atoms with E-state index in [-0.39, 0.29) is 17.7 Å². The summed E-state index contributed by atoms with van der Waals surface area (Å²) in [5.74, 6) is -0.321. The number of hydrogen-bond donors (Lipinski definition) is 1. The van der Waals surface area contributed by atoms with Crippen molar-refractivity contribution in [3.8, 4) is 0 Å². The van der Waals surface area contributed by atoms with Crippen molar-refractivity contribution in [2.75, 3.05) is 18.4 Å². The smallest absolute Gasteiger partial charge is 0.253 e. The lowest BCUT2D eigenvalue weighted by Crippen LogP contribution is -2.43. The van der Waals surface area contributed by atoms with E-state index in [1.165, 1.54) is 0 Å². The van der Waals surface area contributed by atoms with Crippen LogP contribution >= 0.6 is 11.6 Å². The number of para-hydroxylation sites is 1. The molecule has 1 fully saturated rings. The average molecular weight is 371 g/mol. The monoisotopic (exact) mass is 370 g/mol. The first-order valence-electron chi connectivity index (χ1n) is 8.87. The first-order chi connectivity index (χ1) is 12.4. The number of benzene rings is 2. The van der Waals surface area contributed by atoms with Crippen LogP contribution in [0.1, 0.15) is 34.3 Å². The van der Waals surface area contributed by atoms with E-state index in [0.717, 1.165) is 24.0 Å². The van der Waals surface area contributed by atoms with E-state index in [4.69, 9.17) is 11.6 Å². The van der Waals surface area contributed by atoms with Crippen LogP contribution in [0.2, 0.25) is 5.02 Å². The summed E-state index contributed by atoms with van der Waals surface area (Å²) in [6.07, 6.45) is 1.59.